The highest BCUT2D eigenvalue weighted by Gasteiger charge is 2.06. The highest BCUT2D eigenvalue weighted by molar-refractivity contribution is 9.10. The first-order valence-electron chi connectivity index (χ1n) is 6.87. The van der Waals surface area contributed by atoms with Crippen LogP contribution in [0.3, 0.4) is 0 Å². The summed E-state index contributed by atoms with van der Waals surface area (Å²) in [6, 6.07) is 14.3. The van der Waals surface area contributed by atoms with E-state index in [1.54, 1.807) is 14.2 Å². The molecular formula is C17H20BrNO2. The average molecular weight is 350 g/mol. The molecule has 2 aromatic carbocycles. The van der Waals surface area contributed by atoms with Crippen LogP contribution in [0, 0.1) is 0 Å². The lowest BCUT2D eigenvalue weighted by Gasteiger charge is -2.13. The van der Waals surface area contributed by atoms with Gasteiger partial charge in [0.15, 0.2) is 0 Å². The molecule has 0 saturated heterocycles. The van der Waals surface area contributed by atoms with Crippen LogP contribution in [0.4, 0.5) is 5.69 Å². The Bertz CT molecular complexity index is 570. The number of halogens is 1. The zero-order valence-electron chi connectivity index (χ0n) is 12.4. The summed E-state index contributed by atoms with van der Waals surface area (Å²) in [5, 5.41) is 3.47. The standard InChI is InChI=1S/C17H20BrNO2/c1-20-12-15-16(18)4-3-5-17(15)19-11-10-13-6-8-14(21-2)9-7-13/h3-9,19H,10-12H2,1-2H3. The number of methoxy groups -OCH3 is 2. The minimum Gasteiger partial charge on any atom is -0.497 e. The maximum absolute atomic E-state index is 5.26. The lowest BCUT2D eigenvalue weighted by molar-refractivity contribution is 0.185. The average Bonchev–Trinajstić information content (AvgIpc) is 2.51. The Morgan fingerprint density at radius 2 is 1.81 bits per heavy atom. The van der Waals surface area contributed by atoms with Crippen LogP contribution in [-0.4, -0.2) is 20.8 Å². The monoisotopic (exact) mass is 349 g/mol. The van der Waals surface area contributed by atoms with Crippen LogP contribution in [0.5, 0.6) is 5.75 Å². The molecule has 0 aliphatic rings. The Morgan fingerprint density at radius 3 is 2.48 bits per heavy atom. The highest BCUT2D eigenvalue weighted by atomic mass is 79.9. The van der Waals surface area contributed by atoms with E-state index in [9.17, 15) is 0 Å². The number of hydrogen-bond donors (Lipinski definition) is 1. The van der Waals surface area contributed by atoms with Crippen molar-refractivity contribution in [2.24, 2.45) is 0 Å². The Hall–Kier alpha value is -1.52. The summed E-state index contributed by atoms with van der Waals surface area (Å²) in [4.78, 5) is 0. The first kappa shape index (κ1) is 15.9. The number of rotatable bonds is 7. The summed E-state index contributed by atoms with van der Waals surface area (Å²) in [5.74, 6) is 0.890. The molecule has 112 valence electrons. The molecule has 0 aromatic heterocycles. The molecule has 0 aliphatic heterocycles. The van der Waals surface area contributed by atoms with E-state index in [1.165, 1.54) is 5.56 Å². The minimum atomic E-state index is 0.590. The van der Waals surface area contributed by atoms with Crippen molar-refractivity contribution in [3.8, 4) is 5.75 Å². The van der Waals surface area contributed by atoms with Gasteiger partial charge in [-0.1, -0.05) is 34.1 Å². The second kappa shape index (κ2) is 8.05. The van der Waals surface area contributed by atoms with Gasteiger partial charge in [-0.25, -0.2) is 0 Å². The van der Waals surface area contributed by atoms with E-state index >= 15 is 0 Å². The summed E-state index contributed by atoms with van der Waals surface area (Å²) < 4.78 is 11.5. The van der Waals surface area contributed by atoms with E-state index in [0.717, 1.165) is 34.4 Å². The molecule has 0 aliphatic carbocycles. The molecule has 3 nitrogen and oxygen atoms in total. The molecule has 0 bridgehead atoms. The SMILES string of the molecule is COCc1c(Br)cccc1NCCc1ccc(OC)cc1. The Kier molecular flexibility index (Phi) is 6.08. The van der Waals surface area contributed by atoms with Gasteiger partial charge in [-0.15, -0.1) is 0 Å². The third-order valence-electron chi connectivity index (χ3n) is 3.30. The van der Waals surface area contributed by atoms with Gasteiger partial charge in [-0.2, -0.15) is 0 Å². The molecule has 0 saturated carbocycles. The normalized spacial score (nSPS) is 10.4. The van der Waals surface area contributed by atoms with E-state index in [1.807, 2.05) is 24.3 Å². The maximum atomic E-state index is 5.26. The molecule has 2 rings (SSSR count). The van der Waals surface area contributed by atoms with Gasteiger partial charge in [-0.3, -0.25) is 0 Å². The molecule has 0 atom stereocenters. The van der Waals surface area contributed by atoms with Gasteiger partial charge in [0.25, 0.3) is 0 Å². The van der Waals surface area contributed by atoms with Crippen molar-refractivity contribution >= 4 is 21.6 Å². The Labute approximate surface area is 134 Å². The van der Waals surface area contributed by atoms with Crippen molar-refractivity contribution in [2.45, 2.75) is 13.0 Å². The van der Waals surface area contributed by atoms with Crippen LogP contribution < -0.4 is 10.1 Å². The first-order chi connectivity index (χ1) is 10.2. The summed E-state index contributed by atoms with van der Waals surface area (Å²) in [6.45, 7) is 1.46. The number of benzene rings is 2. The zero-order valence-corrected chi connectivity index (χ0v) is 13.9. The number of nitrogens with one attached hydrogen (secondary N) is 1. The fraction of sp³-hybridized carbons (Fsp3) is 0.294. The molecule has 4 heteroatoms. The van der Waals surface area contributed by atoms with E-state index in [-0.39, 0.29) is 0 Å². The van der Waals surface area contributed by atoms with E-state index in [4.69, 9.17) is 9.47 Å². The largest absolute Gasteiger partial charge is 0.497 e. The topological polar surface area (TPSA) is 30.5 Å². The van der Waals surface area contributed by atoms with Crippen LogP contribution in [0.15, 0.2) is 46.9 Å². The van der Waals surface area contributed by atoms with Crippen LogP contribution in [0.25, 0.3) is 0 Å². The molecule has 0 radical (unpaired) electrons. The summed E-state index contributed by atoms with van der Waals surface area (Å²) >= 11 is 3.57. The lowest BCUT2D eigenvalue weighted by atomic mass is 10.1. The molecular weight excluding hydrogens is 330 g/mol. The fourth-order valence-corrected chi connectivity index (χ4v) is 2.63. The zero-order chi connectivity index (χ0) is 15.1. The predicted octanol–water partition coefficient (Wildman–Crippen LogP) is 4.26. The molecule has 0 unspecified atom stereocenters. The number of anilines is 1. The molecule has 2 aromatic rings. The van der Waals surface area contributed by atoms with Crippen molar-refractivity contribution in [1.29, 1.82) is 0 Å². The highest BCUT2D eigenvalue weighted by Crippen LogP contribution is 2.25. The smallest absolute Gasteiger partial charge is 0.118 e. The molecule has 0 heterocycles. The molecule has 0 fully saturated rings. The van der Waals surface area contributed by atoms with Crippen molar-refractivity contribution in [2.75, 3.05) is 26.1 Å². The lowest BCUT2D eigenvalue weighted by Crippen LogP contribution is -2.07. The third kappa shape index (κ3) is 4.48. The molecule has 21 heavy (non-hydrogen) atoms. The minimum absolute atomic E-state index is 0.590. The van der Waals surface area contributed by atoms with Gasteiger partial charge in [0.2, 0.25) is 0 Å². The van der Waals surface area contributed by atoms with Crippen molar-refractivity contribution in [3.05, 3.63) is 58.1 Å². The summed E-state index contributed by atoms with van der Waals surface area (Å²) in [5.41, 5.74) is 3.54. The second-order valence-corrected chi connectivity index (χ2v) is 5.58. The predicted molar refractivity (Wildman–Crippen MR) is 90.0 cm³/mol. The van der Waals surface area contributed by atoms with Crippen LogP contribution in [-0.2, 0) is 17.8 Å². The number of ether oxygens (including phenoxy) is 2. The van der Waals surface area contributed by atoms with Gasteiger partial charge in [-0.05, 0) is 36.2 Å². The fourth-order valence-electron chi connectivity index (χ4n) is 2.15. The van der Waals surface area contributed by atoms with Gasteiger partial charge in [0, 0.05) is 29.4 Å². The van der Waals surface area contributed by atoms with E-state index in [2.05, 4.69) is 39.4 Å². The van der Waals surface area contributed by atoms with Gasteiger partial charge < -0.3 is 14.8 Å². The van der Waals surface area contributed by atoms with E-state index in [0.29, 0.717) is 6.61 Å². The first-order valence-corrected chi connectivity index (χ1v) is 7.67. The Morgan fingerprint density at radius 1 is 1.05 bits per heavy atom. The molecule has 1 N–H and O–H groups in total. The van der Waals surface area contributed by atoms with Gasteiger partial charge >= 0.3 is 0 Å². The summed E-state index contributed by atoms with van der Waals surface area (Å²) in [6.07, 6.45) is 0.961. The quantitative estimate of drug-likeness (QED) is 0.809. The van der Waals surface area contributed by atoms with Crippen molar-refractivity contribution in [3.63, 3.8) is 0 Å². The van der Waals surface area contributed by atoms with Gasteiger partial charge in [0.1, 0.15) is 5.75 Å². The van der Waals surface area contributed by atoms with Crippen LogP contribution in [0.2, 0.25) is 0 Å². The second-order valence-electron chi connectivity index (χ2n) is 4.72. The molecule has 0 spiro atoms. The van der Waals surface area contributed by atoms with Crippen molar-refractivity contribution in [1.82, 2.24) is 0 Å². The molecule has 0 amide bonds. The Balaban J connectivity index is 1.95. The van der Waals surface area contributed by atoms with Gasteiger partial charge in [0.05, 0.1) is 13.7 Å². The van der Waals surface area contributed by atoms with Crippen LogP contribution >= 0.6 is 15.9 Å². The van der Waals surface area contributed by atoms with Crippen LogP contribution in [0.1, 0.15) is 11.1 Å². The number of hydrogen-bond acceptors (Lipinski definition) is 3. The maximum Gasteiger partial charge on any atom is 0.118 e. The summed E-state index contributed by atoms with van der Waals surface area (Å²) in [7, 11) is 3.39. The van der Waals surface area contributed by atoms with Crippen molar-refractivity contribution < 1.29 is 9.47 Å². The third-order valence-corrected chi connectivity index (χ3v) is 4.04. The van der Waals surface area contributed by atoms with E-state index < -0.39 is 0 Å².